The second-order valence-corrected chi connectivity index (χ2v) is 17.7. The van der Waals surface area contributed by atoms with E-state index in [4.69, 9.17) is 9.97 Å². The van der Waals surface area contributed by atoms with Crippen LogP contribution in [-0.2, 0) is 0 Å². The van der Waals surface area contributed by atoms with Gasteiger partial charge in [-0.3, -0.25) is 0 Å². The third-order valence-electron chi connectivity index (χ3n) is 12.0. The topological polar surface area (TPSA) is 25.8 Å². The zero-order valence-corrected chi connectivity index (χ0v) is 35.1. The van der Waals surface area contributed by atoms with Crippen molar-refractivity contribution in [2.24, 2.45) is 0 Å². The van der Waals surface area contributed by atoms with Crippen molar-refractivity contribution >= 4 is 63.0 Å². The van der Waals surface area contributed by atoms with E-state index in [-0.39, 0.29) is 0 Å². The van der Waals surface area contributed by atoms with Crippen molar-refractivity contribution in [3.8, 4) is 78.4 Å². The smallest absolute Gasteiger partial charge is 0.161 e. The second-order valence-electron chi connectivity index (χ2n) is 15.6. The fourth-order valence-corrected chi connectivity index (χ4v) is 11.6. The molecule has 0 aliphatic carbocycles. The number of nitrogens with zero attached hydrogens (tertiary/aromatic N) is 2. The quantitative estimate of drug-likeness (QED) is 0.160. The van der Waals surface area contributed by atoms with Crippen LogP contribution in [0.15, 0.2) is 218 Å². The number of hydrogen-bond acceptors (Lipinski definition) is 4. The van der Waals surface area contributed by atoms with Crippen LogP contribution in [0.25, 0.3) is 119 Å². The molecule has 3 heterocycles. The highest BCUT2D eigenvalue weighted by atomic mass is 32.1. The fraction of sp³-hybridized carbons (Fsp3) is 0. The molecule has 0 fully saturated rings. The van der Waals surface area contributed by atoms with Crippen LogP contribution >= 0.6 is 22.7 Å². The van der Waals surface area contributed by atoms with Gasteiger partial charge < -0.3 is 0 Å². The maximum absolute atomic E-state index is 5.67. The third kappa shape index (κ3) is 6.15. The van der Waals surface area contributed by atoms with Crippen LogP contribution in [0.1, 0.15) is 0 Å². The summed E-state index contributed by atoms with van der Waals surface area (Å²) in [6.07, 6.45) is 0. The Kier molecular flexibility index (Phi) is 8.91. The maximum atomic E-state index is 5.67. The zero-order valence-electron chi connectivity index (χ0n) is 33.5. The van der Waals surface area contributed by atoms with Crippen LogP contribution in [0.2, 0.25) is 0 Å². The molecule has 0 spiro atoms. The Morgan fingerprint density at radius 3 is 1.26 bits per heavy atom. The molecular weight excluding hydrogens is 789 g/mol. The third-order valence-corrected chi connectivity index (χ3v) is 14.4. The molecule has 12 rings (SSSR count). The monoisotopic (exact) mass is 824 g/mol. The molecule has 0 aliphatic heterocycles. The minimum Gasteiger partial charge on any atom is -0.228 e. The van der Waals surface area contributed by atoms with Crippen molar-refractivity contribution in [3.63, 3.8) is 0 Å². The molecule has 0 unspecified atom stereocenters. The van der Waals surface area contributed by atoms with Gasteiger partial charge in [0, 0.05) is 62.6 Å². The first-order chi connectivity index (χ1) is 30.8. The molecule has 12 aromatic rings. The highest BCUT2D eigenvalue weighted by Gasteiger charge is 2.25. The van der Waals surface area contributed by atoms with Crippen molar-refractivity contribution in [1.82, 2.24) is 9.97 Å². The van der Waals surface area contributed by atoms with Crippen LogP contribution in [0.4, 0.5) is 0 Å². The lowest BCUT2D eigenvalue weighted by atomic mass is 9.82. The van der Waals surface area contributed by atoms with E-state index in [0.29, 0.717) is 5.82 Å². The van der Waals surface area contributed by atoms with Crippen molar-refractivity contribution in [1.29, 1.82) is 0 Å². The summed E-state index contributed by atoms with van der Waals surface area (Å²) in [6.45, 7) is 0. The van der Waals surface area contributed by atoms with Gasteiger partial charge in [0.05, 0.1) is 11.4 Å². The molecule has 0 saturated carbocycles. The normalized spacial score (nSPS) is 11.5. The summed E-state index contributed by atoms with van der Waals surface area (Å²) in [5, 5.41) is 5.02. The maximum Gasteiger partial charge on any atom is 0.161 e. The summed E-state index contributed by atoms with van der Waals surface area (Å²) < 4.78 is 4.98. The number of rotatable bonds is 7. The number of aromatic nitrogens is 2. The van der Waals surface area contributed by atoms with Gasteiger partial charge in [-0.15, -0.1) is 22.7 Å². The first-order valence-electron chi connectivity index (χ1n) is 20.9. The minimum absolute atomic E-state index is 0.684. The summed E-state index contributed by atoms with van der Waals surface area (Å²) >= 11 is 3.67. The van der Waals surface area contributed by atoms with Crippen molar-refractivity contribution in [3.05, 3.63) is 218 Å². The molecule has 4 heteroatoms. The van der Waals surface area contributed by atoms with Gasteiger partial charge in [-0.05, 0) is 63.2 Å². The van der Waals surface area contributed by atoms with Crippen LogP contribution in [-0.4, -0.2) is 9.97 Å². The van der Waals surface area contributed by atoms with E-state index >= 15 is 0 Å². The van der Waals surface area contributed by atoms with Crippen molar-refractivity contribution in [2.75, 3.05) is 0 Å². The van der Waals surface area contributed by atoms with Crippen molar-refractivity contribution < 1.29 is 0 Å². The summed E-state index contributed by atoms with van der Waals surface area (Å²) in [4.78, 5) is 11.3. The van der Waals surface area contributed by atoms with Gasteiger partial charge in [0.1, 0.15) is 0 Å². The molecule has 9 aromatic carbocycles. The summed E-state index contributed by atoms with van der Waals surface area (Å²) in [5.41, 5.74) is 14.1. The standard InChI is InChI=1S/C58H36N2S2/c1-4-18-37(19-5-1)40-24-10-11-27-44(40)55-49(35-34-41(38-20-6-2-7-21-38)54(55)39-22-8-3-9-23-39)58-59-50(47-30-16-28-45-42-25-12-14-32-52(42)61-56(45)47)36-51(60-58)48-31-17-29-46-43-26-13-15-33-53(43)62-57(46)48/h1-36H. The van der Waals surface area contributed by atoms with Gasteiger partial charge in [-0.1, -0.05) is 194 Å². The van der Waals surface area contributed by atoms with Gasteiger partial charge >= 0.3 is 0 Å². The van der Waals surface area contributed by atoms with E-state index < -0.39 is 0 Å². The summed E-state index contributed by atoms with van der Waals surface area (Å²) in [5.74, 6) is 0.684. The van der Waals surface area contributed by atoms with E-state index in [1.54, 1.807) is 0 Å². The van der Waals surface area contributed by atoms with E-state index in [9.17, 15) is 0 Å². The van der Waals surface area contributed by atoms with E-state index in [2.05, 4.69) is 218 Å². The molecule has 0 bridgehead atoms. The largest absolute Gasteiger partial charge is 0.228 e. The molecule has 62 heavy (non-hydrogen) atoms. The highest BCUT2D eigenvalue weighted by Crippen LogP contribution is 2.49. The lowest BCUT2D eigenvalue weighted by molar-refractivity contribution is 1.19. The lowest BCUT2D eigenvalue weighted by Gasteiger charge is -2.22. The molecule has 0 N–H and O–H groups in total. The average molecular weight is 825 g/mol. The molecular formula is C58H36N2S2. The lowest BCUT2D eigenvalue weighted by Crippen LogP contribution is -2.01. The summed E-state index contributed by atoms with van der Waals surface area (Å²) in [6, 6.07) is 78.6. The first kappa shape index (κ1) is 36.4. The Hall–Kier alpha value is -7.50. The molecule has 3 aromatic heterocycles. The zero-order chi connectivity index (χ0) is 41.0. The van der Waals surface area contributed by atoms with Gasteiger partial charge in [0.15, 0.2) is 5.82 Å². The molecule has 0 radical (unpaired) electrons. The van der Waals surface area contributed by atoms with Gasteiger partial charge in [0.25, 0.3) is 0 Å². The van der Waals surface area contributed by atoms with Gasteiger partial charge in [-0.2, -0.15) is 0 Å². The Balaban J connectivity index is 1.21. The van der Waals surface area contributed by atoms with E-state index in [0.717, 1.165) is 72.6 Å². The number of hydrogen-bond donors (Lipinski definition) is 0. The first-order valence-corrected chi connectivity index (χ1v) is 22.5. The number of thiophene rings is 2. The molecule has 2 nitrogen and oxygen atoms in total. The number of fused-ring (bicyclic) bond motifs is 6. The molecule has 0 atom stereocenters. The predicted molar refractivity (Wildman–Crippen MR) is 266 cm³/mol. The minimum atomic E-state index is 0.684. The van der Waals surface area contributed by atoms with Gasteiger partial charge in [0.2, 0.25) is 0 Å². The Labute approximate surface area is 367 Å². The predicted octanol–water partition coefficient (Wildman–Crippen LogP) is 16.9. The van der Waals surface area contributed by atoms with E-state index in [1.807, 2.05) is 22.7 Å². The van der Waals surface area contributed by atoms with Crippen molar-refractivity contribution in [2.45, 2.75) is 0 Å². The van der Waals surface area contributed by atoms with Crippen LogP contribution in [0.3, 0.4) is 0 Å². The SMILES string of the molecule is c1ccc(-c2ccccc2-c2c(-c3nc(-c4cccc5c4sc4ccccc45)cc(-c4cccc5c4sc4ccccc45)n3)ccc(-c3ccccc3)c2-c2ccccc2)cc1. The Bertz CT molecular complexity index is 3490. The van der Waals surface area contributed by atoms with Crippen LogP contribution < -0.4 is 0 Å². The van der Waals surface area contributed by atoms with E-state index in [1.165, 1.54) is 40.3 Å². The summed E-state index contributed by atoms with van der Waals surface area (Å²) in [7, 11) is 0. The van der Waals surface area contributed by atoms with Gasteiger partial charge in [-0.25, -0.2) is 9.97 Å². The fourth-order valence-electron chi connectivity index (χ4n) is 9.14. The molecule has 0 aliphatic rings. The average Bonchev–Trinajstić information content (AvgIpc) is 3.93. The molecule has 0 saturated heterocycles. The Morgan fingerprint density at radius 1 is 0.274 bits per heavy atom. The number of benzene rings is 9. The second kappa shape index (κ2) is 15.2. The highest BCUT2D eigenvalue weighted by molar-refractivity contribution is 7.26. The van der Waals surface area contributed by atoms with Crippen LogP contribution in [0, 0.1) is 0 Å². The van der Waals surface area contributed by atoms with Crippen LogP contribution in [0.5, 0.6) is 0 Å². The Morgan fingerprint density at radius 2 is 0.694 bits per heavy atom. The molecule has 290 valence electrons. The molecule has 0 amide bonds.